The van der Waals surface area contributed by atoms with Crippen LogP contribution in [0.25, 0.3) is 0 Å². The van der Waals surface area contributed by atoms with Gasteiger partial charge in [0, 0.05) is 24.7 Å². The molecule has 0 aliphatic heterocycles. The molecular formula is C10H16N2O3S. The summed E-state index contributed by atoms with van der Waals surface area (Å²) in [5.41, 5.74) is -1.06. The van der Waals surface area contributed by atoms with E-state index < -0.39 is 11.5 Å². The van der Waals surface area contributed by atoms with Gasteiger partial charge in [0.1, 0.15) is 5.54 Å². The molecule has 6 heteroatoms. The van der Waals surface area contributed by atoms with Gasteiger partial charge in [-0.2, -0.15) is 0 Å². The standard InChI is InChI=1S/C10H16N2O3S/c1-7-11-4-8(16-7)5-12-10(2,6-15-3)9(13)14/h4,12H,5-6H2,1-3H3,(H,13,14). The van der Waals surface area contributed by atoms with E-state index >= 15 is 0 Å². The molecule has 0 aliphatic rings. The summed E-state index contributed by atoms with van der Waals surface area (Å²) in [5, 5.41) is 13.0. The van der Waals surface area contributed by atoms with Crippen LogP contribution >= 0.6 is 11.3 Å². The van der Waals surface area contributed by atoms with Crippen molar-refractivity contribution in [1.82, 2.24) is 10.3 Å². The fourth-order valence-electron chi connectivity index (χ4n) is 1.25. The number of methoxy groups -OCH3 is 1. The van der Waals surface area contributed by atoms with Crippen molar-refractivity contribution in [3.05, 3.63) is 16.1 Å². The highest BCUT2D eigenvalue weighted by atomic mass is 32.1. The van der Waals surface area contributed by atoms with Crippen LogP contribution in [0.3, 0.4) is 0 Å². The van der Waals surface area contributed by atoms with Gasteiger partial charge < -0.3 is 9.84 Å². The quantitative estimate of drug-likeness (QED) is 0.782. The van der Waals surface area contributed by atoms with Gasteiger partial charge in [0.05, 0.1) is 11.6 Å². The van der Waals surface area contributed by atoms with Crippen molar-refractivity contribution in [2.45, 2.75) is 25.9 Å². The van der Waals surface area contributed by atoms with Gasteiger partial charge >= 0.3 is 5.97 Å². The Morgan fingerprint density at radius 1 is 1.75 bits per heavy atom. The summed E-state index contributed by atoms with van der Waals surface area (Å²) in [7, 11) is 1.49. The van der Waals surface area contributed by atoms with Gasteiger partial charge in [-0.05, 0) is 13.8 Å². The van der Waals surface area contributed by atoms with Crippen molar-refractivity contribution < 1.29 is 14.6 Å². The lowest BCUT2D eigenvalue weighted by molar-refractivity contribution is -0.146. The molecule has 0 aromatic carbocycles. The number of carboxylic acids is 1. The van der Waals surface area contributed by atoms with E-state index in [1.807, 2.05) is 6.92 Å². The molecule has 1 atom stereocenters. The number of aromatic nitrogens is 1. The van der Waals surface area contributed by atoms with Gasteiger partial charge in [0.25, 0.3) is 0 Å². The number of carbonyl (C=O) groups is 1. The van der Waals surface area contributed by atoms with E-state index in [9.17, 15) is 4.79 Å². The normalized spacial score (nSPS) is 14.7. The van der Waals surface area contributed by atoms with Crippen molar-refractivity contribution in [2.75, 3.05) is 13.7 Å². The van der Waals surface area contributed by atoms with E-state index in [2.05, 4.69) is 10.3 Å². The summed E-state index contributed by atoms with van der Waals surface area (Å²) in [4.78, 5) is 16.2. The molecule has 16 heavy (non-hydrogen) atoms. The third kappa shape index (κ3) is 3.26. The summed E-state index contributed by atoms with van der Waals surface area (Å²) in [6, 6.07) is 0. The van der Waals surface area contributed by atoms with Crippen LogP contribution in [0.5, 0.6) is 0 Å². The lowest BCUT2D eigenvalue weighted by Crippen LogP contribution is -2.52. The van der Waals surface area contributed by atoms with Crippen LogP contribution in [0, 0.1) is 6.92 Å². The summed E-state index contributed by atoms with van der Waals surface area (Å²) in [6.07, 6.45) is 1.75. The molecule has 1 unspecified atom stereocenters. The fraction of sp³-hybridized carbons (Fsp3) is 0.600. The first kappa shape index (κ1) is 13.1. The van der Waals surface area contributed by atoms with E-state index in [0.29, 0.717) is 6.54 Å². The van der Waals surface area contributed by atoms with Gasteiger partial charge in [0.15, 0.2) is 0 Å². The average Bonchev–Trinajstić information content (AvgIpc) is 2.61. The zero-order valence-corrected chi connectivity index (χ0v) is 10.4. The molecular weight excluding hydrogens is 228 g/mol. The van der Waals surface area contributed by atoms with Crippen molar-refractivity contribution in [3.63, 3.8) is 0 Å². The number of hydrogen-bond donors (Lipinski definition) is 2. The predicted octanol–water partition coefficient (Wildman–Crippen LogP) is 1.03. The number of rotatable bonds is 6. The zero-order valence-electron chi connectivity index (χ0n) is 9.61. The van der Waals surface area contributed by atoms with Gasteiger partial charge in [-0.1, -0.05) is 0 Å². The Bertz CT molecular complexity index is 367. The van der Waals surface area contributed by atoms with Crippen LogP contribution in [0.1, 0.15) is 16.8 Å². The Hall–Kier alpha value is -0.980. The molecule has 1 rings (SSSR count). The Balaban J connectivity index is 2.60. The molecule has 0 bridgehead atoms. The maximum Gasteiger partial charge on any atom is 0.326 e. The number of hydrogen-bond acceptors (Lipinski definition) is 5. The first-order valence-electron chi connectivity index (χ1n) is 4.86. The lowest BCUT2D eigenvalue weighted by Gasteiger charge is -2.24. The molecule has 0 amide bonds. The van der Waals surface area contributed by atoms with Gasteiger partial charge in [-0.3, -0.25) is 10.1 Å². The molecule has 0 saturated carbocycles. The molecule has 0 fully saturated rings. The highest BCUT2D eigenvalue weighted by molar-refractivity contribution is 7.11. The first-order valence-corrected chi connectivity index (χ1v) is 5.68. The second kappa shape index (κ2) is 5.38. The Labute approximate surface area is 98.5 Å². The number of ether oxygens (including phenoxy) is 1. The molecule has 90 valence electrons. The predicted molar refractivity (Wildman–Crippen MR) is 61.6 cm³/mol. The van der Waals surface area contributed by atoms with Gasteiger partial charge in [-0.25, -0.2) is 4.98 Å². The summed E-state index contributed by atoms with van der Waals surface area (Å²) >= 11 is 1.55. The largest absolute Gasteiger partial charge is 0.480 e. The number of carboxylic acid groups (broad SMARTS) is 1. The van der Waals surface area contributed by atoms with Gasteiger partial charge in [0.2, 0.25) is 0 Å². The smallest absolute Gasteiger partial charge is 0.326 e. The Kier molecular flexibility index (Phi) is 4.40. The Morgan fingerprint density at radius 3 is 2.88 bits per heavy atom. The number of nitrogens with zero attached hydrogens (tertiary/aromatic N) is 1. The van der Waals surface area contributed by atoms with E-state index in [1.54, 1.807) is 24.5 Å². The van der Waals surface area contributed by atoms with E-state index in [4.69, 9.17) is 9.84 Å². The second-order valence-corrected chi connectivity index (χ2v) is 5.09. The van der Waals surface area contributed by atoms with Crippen molar-refractivity contribution in [1.29, 1.82) is 0 Å². The van der Waals surface area contributed by atoms with Crippen LogP contribution in [-0.2, 0) is 16.1 Å². The maximum absolute atomic E-state index is 11.1. The van der Waals surface area contributed by atoms with Crippen LogP contribution in [0.4, 0.5) is 0 Å². The summed E-state index contributed by atoms with van der Waals surface area (Å²) in [6.45, 7) is 4.13. The number of aryl methyl sites for hydroxylation is 1. The fourth-order valence-corrected chi connectivity index (χ4v) is 1.98. The maximum atomic E-state index is 11.1. The third-order valence-electron chi connectivity index (χ3n) is 2.23. The molecule has 0 radical (unpaired) electrons. The van der Waals surface area contributed by atoms with Crippen LogP contribution in [-0.4, -0.2) is 35.3 Å². The molecule has 5 nitrogen and oxygen atoms in total. The molecule has 2 N–H and O–H groups in total. The van der Waals surface area contributed by atoms with Crippen molar-refractivity contribution >= 4 is 17.3 Å². The van der Waals surface area contributed by atoms with E-state index in [-0.39, 0.29) is 6.61 Å². The van der Waals surface area contributed by atoms with Crippen LogP contribution in [0.2, 0.25) is 0 Å². The topological polar surface area (TPSA) is 71.5 Å². The van der Waals surface area contributed by atoms with Crippen molar-refractivity contribution in [3.8, 4) is 0 Å². The third-order valence-corrected chi connectivity index (χ3v) is 3.14. The highest BCUT2D eigenvalue weighted by Gasteiger charge is 2.32. The molecule has 1 aromatic rings. The number of nitrogens with one attached hydrogen (secondary N) is 1. The van der Waals surface area contributed by atoms with Crippen LogP contribution < -0.4 is 5.32 Å². The molecule has 1 aromatic heterocycles. The minimum atomic E-state index is -1.06. The van der Waals surface area contributed by atoms with Gasteiger partial charge in [-0.15, -0.1) is 11.3 Å². The van der Waals surface area contributed by atoms with E-state index in [1.165, 1.54) is 7.11 Å². The summed E-state index contributed by atoms with van der Waals surface area (Å²) < 4.78 is 4.91. The molecule has 0 aliphatic carbocycles. The Morgan fingerprint density at radius 2 is 2.44 bits per heavy atom. The van der Waals surface area contributed by atoms with E-state index in [0.717, 1.165) is 9.88 Å². The molecule has 0 spiro atoms. The lowest BCUT2D eigenvalue weighted by atomic mass is 10.0. The minimum Gasteiger partial charge on any atom is -0.480 e. The molecule has 1 heterocycles. The molecule has 0 saturated heterocycles. The number of thiazole rings is 1. The monoisotopic (exact) mass is 244 g/mol. The summed E-state index contributed by atoms with van der Waals surface area (Å²) in [5.74, 6) is -0.921. The average molecular weight is 244 g/mol. The van der Waals surface area contributed by atoms with Crippen LogP contribution in [0.15, 0.2) is 6.20 Å². The SMILES string of the molecule is COCC(C)(NCc1cnc(C)s1)C(=O)O. The second-order valence-electron chi connectivity index (χ2n) is 3.77. The number of aliphatic carboxylic acids is 1. The van der Waals surface area contributed by atoms with Crippen molar-refractivity contribution in [2.24, 2.45) is 0 Å². The first-order chi connectivity index (χ1) is 7.48. The highest BCUT2D eigenvalue weighted by Crippen LogP contribution is 2.13. The zero-order chi connectivity index (χ0) is 12.2. The minimum absolute atomic E-state index is 0.125.